The van der Waals surface area contributed by atoms with Crippen LogP contribution in [0.4, 0.5) is 4.48 Å². The summed E-state index contributed by atoms with van der Waals surface area (Å²) < 4.78 is 9.32. The highest BCUT2D eigenvalue weighted by Crippen LogP contribution is 2.26. The molecule has 0 amide bonds. The largest absolute Gasteiger partial charge is 0.478 e. The molecule has 0 spiro atoms. The highest BCUT2D eigenvalue weighted by atomic mass is 32.2. The molecule has 3 nitrogen and oxygen atoms in total. The number of rotatable bonds is 2. The number of hydrogen-bond acceptors (Lipinski definition) is 5. The Balaban J connectivity index is 4.19. The fourth-order valence-electron chi connectivity index (χ4n) is 0.0789. The first-order valence-corrected chi connectivity index (χ1v) is 3.01. The molecule has 0 saturated carbocycles. The fourth-order valence-corrected chi connectivity index (χ4v) is 0.164. The summed E-state index contributed by atoms with van der Waals surface area (Å²) in [5, 5.41) is 8.13. The van der Waals surface area contributed by atoms with E-state index >= 15 is 0 Å². The van der Waals surface area contributed by atoms with Gasteiger partial charge in [-0.05, 0) is 0 Å². The van der Waals surface area contributed by atoms with E-state index in [4.69, 9.17) is 5.11 Å². The van der Waals surface area contributed by atoms with Crippen LogP contribution in [0.5, 0.6) is 0 Å². The Morgan fingerprint density at radius 3 is 2.00 bits per heavy atom. The van der Waals surface area contributed by atoms with Crippen molar-refractivity contribution in [3.8, 4) is 0 Å². The molecule has 0 atom stereocenters. The molecule has 0 aromatic carbocycles. The number of carbonyl (C=O) groups is 1. The normalized spacial score (nSPS) is 12.1. The fraction of sp³-hybridized carbons (Fsp3) is 0.500. The lowest BCUT2D eigenvalue weighted by molar-refractivity contribution is -0.142. The van der Waals surface area contributed by atoms with Crippen molar-refractivity contribution in [1.29, 1.82) is 0 Å². The van der Waals surface area contributed by atoms with E-state index in [1.54, 1.807) is 0 Å². The smallest absolute Gasteiger partial charge is 0.348 e. The van der Waals surface area contributed by atoms with Crippen LogP contribution >= 0.6 is 38.1 Å². The van der Waals surface area contributed by atoms with Crippen molar-refractivity contribution in [1.82, 2.24) is 4.53 Å². The van der Waals surface area contributed by atoms with E-state index in [-0.39, 0.29) is 0 Å². The van der Waals surface area contributed by atoms with Gasteiger partial charge < -0.3 is 5.11 Å². The Labute approximate surface area is 67.5 Å². The number of aliphatic carboxylic acids is 1. The van der Waals surface area contributed by atoms with Gasteiger partial charge in [0.2, 0.25) is 4.20 Å². The number of halogens is 1. The molecule has 7 heteroatoms. The third-order valence-electron chi connectivity index (χ3n) is 0.544. The van der Waals surface area contributed by atoms with Crippen molar-refractivity contribution in [2.45, 2.75) is 4.20 Å². The van der Waals surface area contributed by atoms with Gasteiger partial charge in [0, 0.05) is 0 Å². The maximum absolute atomic E-state index is 11.9. The van der Waals surface area contributed by atoms with Crippen LogP contribution < -0.4 is 0 Å². The van der Waals surface area contributed by atoms with Crippen LogP contribution in [0.15, 0.2) is 0 Å². The molecule has 0 aromatic rings. The summed E-state index contributed by atoms with van der Waals surface area (Å²) in [5.41, 5.74) is 0. The van der Waals surface area contributed by atoms with E-state index in [0.29, 0.717) is 0 Å². The van der Waals surface area contributed by atoms with Crippen LogP contribution in [-0.2, 0) is 4.79 Å². The minimum atomic E-state index is -2.16. The molecule has 0 bridgehead atoms. The predicted molar refractivity (Wildman–Crippen MR) is 40.3 cm³/mol. The SMILES string of the molecule is O=C(O)C(S)(S)N(F)S. The van der Waals surface area contributed by atoms with Gasteiger partial charge in [0.1, 0.15) is 0 Å². The van der Waals surface area contributed by atoms with Crippen LogP contribution in [0.3, 0.4) is 0 Å². The highest BCUT2D eigenvalue weighted by Gasteiger charge is 2.36. The minimum Gasteiger partial charge on any atom is -0.478 e. The Bertz CT molecular complexity index is 127. The highest BCUT2D eigenvalue weighted by molar-refractivity contribution is 8.02. The first-order valence-electron chi connectivity index (χ1n) is 1.72. The molecule has 0 aliphatic rings. The first-order chi connectivity index (χ1) is 3.89. The van der Waals surface area contributed by atoms with E-state index in [9.17, 15) is 9.28 Å². The van der Waals surface area contributed by atoms with E-state index < -0.39 is 14.7 Å². The van der Waals surface area contributed by atoms with Crippen LogP contribution in [0.25, 0.3) is 0 Å². The van der Waals surface area contributed by atoms with Gasteiger partial charge in [0.15, 0.2) is 0 Å². The zero-order valence-corrected chi connectivity index (χ0v) is 6.71. The quantitative estimate of drug-likeness (QED) is 0.292. The van der Waals surface area contributed by atoms with Crippen molar-refractivity contribution in [3.05, 3.63) is 0 Å². The van der Waals surface area contributed by atoms with Crippen molar-refractivity contribution in [3.63, 3.8) is 0 Å². The molecular weight excluding hydrogens is 185 g/mol. The molecule has 0 saturated heterocycles. The maximum Gasteiger partial charge on any atom is 0.348 e. The van der Waals surface area contributed by atoms with E-state index in [1.807, 2.05) is 0 Å². The van der Waals surface area contributed by atoms with Gasteiger partial charge in [0.05, 0.1) is 0 Å². The molecule has 0 unspecified atom stereocenters. The zero-order valence-electron chi connectivity index (χ0n) is 4.02. The van der Waals surface area contributed by atoms with Crippen LogP contribution in [-0.4, -0.2) is 19.8 Å². The number of thiol groups is 3. The molecule has 9 heavy (non-hydrogen) atoms. The minimum absolute atomic E-state index is 0.415. The van der Waals surface area contributed by atoms with E-state index in [2.05, 4.69) is 38.1 Å². The van der Waals surface area contributed by atoms with Crippen molar-refractivity contribution in [2.75, 3.05) is 0 Å². The summed E-state index contributed by atoms with van der Waals surface area (Å²) >= 11 is 9.68. The average molecular weight is 189 g/mol. The molecule has 0 aliphatic heterocycles. The molecular formula is C2H4FNO2S3. The van der Waals surface area contributed by atoms with Gasteiger partial charge in [-0.1, -0.05) is 17.3 Å². The standard InChI is InChI=1S/C2H4FNO2S3/c3-4(9)2(7,8)1(5)6/h7-9H,(H,5,6). The van der Waals surface area contributed by atoms with E-state index in [0.717, 1.165) is 0 Å². The number of carboxylic acid groups (broad SMARTS) is 1. The maximum atomic E-state index is 11.9. The summed E-state index contributed by atoms with van der Waals surface area (Å²) in [7, 11) is 0. The Morgan fingerprint density at radius 1 is 1.67 bits per heavy atom. The second-order valence-electron chi connectivity index (χ2n) is 1.20. The summed E-state index contributed by atoms with van der Waals surface area (Å²) in [6.45, 7) is 0. The molecule has 0 radical (unpaired) electrons. The summed E-state index contributed by atoms with van der Waals surface area (Å²) in [4.78, 5) is 9.98. The molecule has 1 N–H and O–H groups in total. The van der Waals surface area contributed by atoms with Gasteiger partial charge in [0.25, 0.3) is 0 Å². The van der Waals surface area contributed by atoms with Gasteiger partial charge in [-0.15, -0.1) is 29.7 Å². The van der Waals surface area contributed by atoms with Gasteiger partial charge in [-0.3, -0.25) is 0 Å². The molecule has 0 heterocycles. The van der Waals surface area contributed by atoms with E-state index in [1.165, 1.54) is 0 Å². The van der Waals surface area contributed by atoms with Gasteiger partial charge in [-0.2, -0.15) is 0 Å². The van der Waals surface area contributed by atoms with Crippen LogP contribution in [0, 0.1) is 0 Å². The molecule has 0 aromatic heterocycles. The lowest BCUT2D eigenvalue weighted by Crippen LogP contribution is -2.35. The number of nitrogens with zero attached hydrogens (tertiary/aromatic N) is 1. The lowest BCUT2D eigenvalue weighted by atomic mass is 10.7. The monoisotopic (exact) mass is 189 g/mol. The third-order valence-corrected chi connectivity index (χ3v) is 1.89. The van der Waals surface area contributed by atoms with Crippen LogP contribution in [0.2, 0.25) is 0 Å². The second kappa shape index (κ2) is 3.00. The first kappa shape index (κ1) is 9.41. The topological polar surface area (TPSA) is 40.5 Å². The summed E-state index contributed by atoms with van der Waals surface area (Å²) in [6, 6.07) is 0. The Hall–Kier alpha value is 0.410. The molecule has 54 valence electrons. The Morgan fingerprint density at radius 2 is 2.00 bits per heavy atom. The number of carboxylic acids is 1. The summed E-state index contributed by atoms with van der Waals surface area (Å²) in [5.74, 6) is -1.52. The van der Waals surface area contributed by atoms with Crippen LogP contribution in [0.1, 0.15) is 0 Å². The molecule has 0 aliphatic carbocycles. The van der Waals surface area contributed by atoms with Crippen molar-refractivity contribution >= 4 is 44.0 Å². The zero-order chi connectivity index (χ0) is 7.65. The average Bonchev–Trinajstić information content (AvgIpc) is 1.65. The Kier molecular flexibility index (Phi) is 3.13. The van der Waals surface area contributed by atoms with Gasteiger partial charge >= 0.3 is 5.97 Å². The molecule has 0 fully saturated rings. The summed E-state index contributed by atoms with van der Waals surface area (Å²) in [6.07, 6.45) is 0. The molecule has 0 rings (SSSR count). The van der Waals surface area contributed by atoms with Gasteiger partial charge in [-0.25, -0.2) is 4.79 Å². The van der Waals surface area contributed by atoms with Crippen molar-refractivity contribution < 1.29 is 14.4 Å². The second-order valence-corrected chi connectivity index (χ2v) is 3.20. The number of hydrogen-bond donors (Lipinski definition) is 4. The predicted octanol–water partition coefficient (Wildman–Crippen LogP) is 0.616. The van der Waals surface area contributed by atoms with Crippen molar-refractivity contribution in [2.24, 2.45) is 0 Å². The third kappa shape index (κ3) is 2.24. The lowest BCUT2D eigenvalue weighted by Gasteiger charge is -2.18.